The molecule has 0 atom stereocenters. The lowest BCUT2D eigenvalue weighted by Gasteiger charge is -2.07. The van der Waals surface area contributed by atoms with E-state index < -0.39 is 9.84 Å². The lowest BCUT2D eigenvalue weighted by atomic mass is 10.1. The van der Waals surface area contributed by atoms with Gasteiger partial charge in [-0.3, -0.25) is 0 Å². The highest BCUT2D eigenvalue weighted by atomic mass is 32.2. The van der Waals surface area contributed by atoms with Crippen molar-refractivity contribution in [2.24, 2.45) is 0 Å². The molecule has 0 aromatic heterocycles. The Morgan fingerprint density at radius 2 is 1.65 bits per heavy atom. The molecule has 3 nitrogen and oxygen atoms in total. The molecule has 0 heterocycles. The summed E-state index contributed by atoms with van der Waals surface area (Å²) in [5, 5.41) is 2.96. The molecular weight excluding hydrogens is 270 g/mol. The van der Waals surface area contributed by atoms with Gasteiger partial charge in [0, 0.05) is 0 Å². The van der Waals surface area contributed by atoms with Crippen molar-refractivity contribution >= 4 is 9.84 Å². The van der Waals surface area contributed by atoms with E-state index >= 15 is 0 Å². The first-order chi connectivity index (χ1) is 9.63. The predicted octanol–water partition coefficient (Wildman–Crippen LogP) is 2.74. The summed E-state index contributed by atoms with van der Waals surface area (Å²) in [4.78, 5) is 0.398. The Kier molecular flexibility index (Phi) is 4.93. The van der Waals surface area contributed by atoms with Gasteiger partial charge >= 0.3 is 0 Å². The van der Waals surface area contributed by atoms with Crippen LogP contribution in [0.1, 0.15) is 6.42 Å². The predicted molar refractivity (Wildman–Crippen MR) is 82.5 cm³/mol. The number of benzene rings is 2. The largest absolute Gasteiger partial charge is 0.320 e. The van der Waals surface area contributed by atoms with E-state index in [-0.39, 0.29) is 5.75 Å². The lowest BCUT2D eigenvalue weighted by Crippen LogP contribution is -2.14. The van der Waals surface area contributed by atoms with E-state index in [1.807, 2.05) is 43.4 Å². The molecular formula is C16H19NO2S. The quantitative estimate of drug-likeness (QED) is 0.832. The number of nitrogens with one attached hydrogen (secondary N) is 1. The monoisotopic (exact) mass is 289 g/mol. The third kappa shape index (κ3) is 3.68. The number of hydrogen-bond donors (Lipinski definition) is 1. The highest BCUT2D eigenvalue weighted by Gasteiger charge is 2.14. The van der Waals surface area contributed by atoms with Gasteiger partial charge in [-0.1, -0.05) is 42.5 Å². The van der Waals surface area contributed by atoms with Crippen LogP contribution in [-0.2, 0) is 9.84 Å². The summed E-state index contributed by atoms with van der Waals surface area (Å²) in [5.74, 6) is 0.173. The van der Waals surface area contributed by atoms with Gasteiger partial charge in [0.05, 0.1) is 10.6 Å². The van der Waals surface area contributed by atoms with Crippen molar-refractivity contribution in [3.63, 3.8) is 0 Å². The van der Waals surface area contributed by atoms with Crippen LogP contribution in [0.3, 0.4) is 0 Å². The third-order valence-corrected chi connectivity index (χ3v) is 4.94. The highest BCUT2D eigenvalue weighted by molar-refractivity contribution is 7.91. The number of hydrogen-bond acceptors (Lipinski definition) is 3. The summed E-state index contributed by atoms with van der Waals surface area (Å²) in [6.07, 6.45) is 0.619. The molecule has 20 heavy (non-hydrogen) atoms. The minimum atomic E-state index is -3.20. The maximum atomic E-state index is 12.3. The van der Waals surface area contributed by atoms with Crippen LogP contribution < -0.4 is 5.32 Å². The second-order valence-corrected chi connectivity index (χ2v) is 6.78. The Balaban J connectivity index is 2.26. The van der Waals surface area contributed by atoms with E-state index in [1.165, 1.54) is 0 Å². The second-order valence-electron chi connectivity index (χ2n) is 4.67. The zero-order chi connectivity index (χ0) is 14.4. The van der Waals surface area contributed by atoms with E-state index in [9.17, 15) is 8.42 Å². The molecule has 0 saturated heterocycles. The Bertz CT molecular complexity index is 651. The maximum absolute atomic E-state index is 12.3. The molecule has 0 aliphatic heterocycles. The molecule has 4 heteroatoms. The first-order valence-electron chi connectivity index (χ1n) is 6.66. The molecule has 0 radical (unpaired) electrons. The summed E-state index contributed by atoms with van der Waals surface area (Å²) in [6.45, 7) is 0.706. The van der Waals surface area contributed by atoms with Gasteiger partial charge in [-0.25, -0.2) is 8.42 Å². The third-order valence-electron chi connectivity index (χ3n) is 3.14. The summed E-state index contributed by atoms with van der Waals surface area (Å²) in [6, 6.07) is 17.0. The summed E-state index contributed by atoms with van der Waals surface area (Å²) in [5.41, 5.74) is 1.96. The molecule has 0 saturated carbocycles. The van der Waals surface area contributed by atoms with Crippen molar-refractivity contribution in [3.05, 3.63) is 54.6 Å². The van der Waals surface area contributed by atoms with E-state index in [0.29, 0.717) is 17.9 Å². The molecule has 0 spiro atoms. The van der Waals surface area contributed by atoms with Gasteiger partial charge in [0.15, 0.2) is 9.84 Å². The van der Waals surface area contributed by atoms with Crippen molar-refractivity contribution in [1.82, 2.24) is 5.32 Å². The van der Waals surface area contributed by atoms with Gasteiger partial charge in [-0.15, -0.1) is 0 Å². The van der Waals surface area contributed by atoms with E-state index in [1.54, 1.807) is 18.2 Å². The number of sulfone groups is 1. The van der Waals surface area contributed by atoms with Crippen molar-refractivity contribution in [2.75, 3.05) is 19.3 Å². The number of rotatable bonds is 6. The molecule has 0 aliphatic rings. The molecule has 1 N–H and O–H groups in total. The van der Waals surface area contributed by atoms with Crippen LogP contribution in [0.5, 0.6) is 0 Å². The summed E-state index contributed by atoms with van der Waals surface area (Å²) < 4.78 is 24.5. The Hall–Kier alpha value is -1.65. The van der Waals surface area contributed by atoms with Crippen LogP contribution in [0.2, 0.25) is 0 Å². The zero-order valence-corrected chi connectivity index (χ0v) is 12.4. The SMILES string of the molecule is CNCCCS(=O)(=O)c1cccc(-c2ccccc2)c1. The molecule has 0 unspecified atom stereocenters. The van der Waals surface area contributed by atoms with Gasteiger partial charge in [-0.05, 0) is 43.3 Å². The van der Waals surface area contributed by atoms with Crippen LogP contribution in [0.4, 0.5) is 0 Å². The van der Waals surface area contributed by atoms with Crippen LogP contribution in [0.15, 0.2) is 59.5 Å². The maximum Gasteiger partial charge on any atom is 0.178 e. The minimum absolute atomic E-state index is 0.173. The Labute approximate surface area is 120 Å². The van der Waals surface area contributed by atoms with Gasteiger partial charge in [0.1, 0.15) is 0 Å². The topological polar surface area (TPSA) is 46.2 Å². The van der Waals surface area contributed by atoms with Gasteiger partial charge < -0.3 is 5.32 Å². The fourth-order valence-electron chi connectivity index (χ4n) is 2.06. The van der Waals surface area contributed by atoms with Gasteiger partial charge in [0.2, 0.25) is 0 Å². The summed E-state index contributed by atoms with van der Waals surface area (Å²) >= 11 is 0. The first kappa shape index (κ1) is 14.8. The van der Waals surface area contributed by atoms with E-state index in [0.717, 1.165) is 11.1 Å². The van der Waals surface area contributed by atoms with Crippen molar-refractivity contribution in [1.29, 1.82) is 0 Å². The normalized spacial score (nSPS) is 11.4. The van der Waals surface area contributed by atoms with Crippen LogP contribution in [-0.4, -0.2) is 27.8 Å². The van der Waals surface area contributed by atoms with Crippen molar-refractivity contribution < 1.29 is 8.42 Å². The van der Waals surface area contributed by atoms with Gasteiger partial charge in [-0.2, -0.15) is 0 Å². The molecule has 106 valence electrons. The molecule has 2 aromatic rings. The Morgan fingerprint density at radius 3 is 2.35 bits per heavy atom. The molecule has 0 fully saturated rings. The van der Waals surface area contributed by atoms with E-state index in [4.69, 9.17) is 0 Å². The minimum Gasteiger partial charge on any atom is -0.320 e. The average Bonchev–Trinajstić information content (AvgIpc) is 2.48. The van der Waals surface area contributed by atoms with Crippen molar-refractivity contribution in [2.45, 2.75) is 11.3 Å². The fraction of sp³-hybridized carbons (Fsp3) is 0.250. The molecule has 2 aromatic carbocycles. The highest BCUT2D eigenvalue weighted by Crippen LogP contribution is 2.23. The van der Waals surface area contributed by atoms with Gasteiger partial charge in [0.25, 0.3) is 0 Å². The molecule has 0 aliphatic carbocycles. The summed E-state index contributed by atoms with van der Waals surface area (Å²) in [7, 11) is -1.38. The fourth-order valence-corrected chi connectivity index (χ4v) is 3.41. The molecule has 0 bridgehead atoms. The standard InChI is InChI=1S/C16H19NO2S/c1-17-11-6-12-20(18,19)16-10-5-9-15(13-16)14-7-3-2-4-8-14/h2-5,7-10,13,17H,6,11-12H2,1H3. The Morgan fingerprint density at radius 1 is 0.950 bits per heavy atom. The smallest absolute Gasteiger partial charge is 0.178 e. The van der Waals surface area contributed by atoms with Crippen LogP contribution in [0, 0.1) is 0 Å². The zero-order valence-electron chi connectivity index (χ0n) is 11.5. The first-order valence-corrected chi connectivity index (χ1v) is 8.31. The second kappa shape index (κ2) is 6.68. The van der Waals surface area contributed by atoms with Crippen LogP contribution >= 0.6 is 0 Å². The molecule has 2 rings (SSSR count). The lowest BCUT2D eigenvalue weighted by molar-refractivity contribution is 0.592. The van der Waals surface area contributed by atoms with E-state index in [2.05, 4.69) is 5.32 Å². The van der Waals surface area contributed by atoms with Crippen molar-refractivity contribution in [3.8, 4) is 11.1 Å². The average molecular weight is 289 g/mol. The van der Waals surface area contributed by atoms with Crippen LogP contribution in [0.25, 0.3) is 11.1 Å². The molecule has 0 amide bonds.